The van der Waals surface area contributed by atoms with Crippen LogP contribution in [0.25, 0.3) is 0 Å². The average Bonchev–Trinajstić information content (AvgIpc) is 2.37. The van der Waals surface area contributed by atoms with Gasteiger partial charge in [0.2, 0.25) is 0 Å². The normalized spacial score (nSPS) is 11.7. The van der Waals surface area contributed by atoms with Crippen molar-refractivity contribution >= 4 is 24.5 Å². The summed E-state index contributed by atoms with van der Waals surface area (Å²) in [6.45, 7) is 0. The van der Waals surface area contributed by atoms with Crippen molar-refractivity contribution in [1.82, 2.24) is 5.32 Å². The molecule has 0 saturated heterocycles. The van der Waals surface area contributed by atoms with Crippen molar-refractivity contribution in [2.24, 2.45) is 0 Å². The zero-order chi connectivity index (χ0) is 14.4. The second-order valence-corrected chi connectivity index (χ2v) is 4.21. The van der Waals surface area contributed by atoms with Crippen molar-refractivity contribution in [1.29, 1.82) is 0 Å². The molecule has 0 fully saturated rings. The quantitative estimate of drug-likeness (QED) is 0.583. The Morgan fingerprint density at radius 1 is 1.47 bits per heavy atom. The van der Waals surface area contributed by atoms with Gasteiger partial charge in [-0.05, 0) is 24.3 Å². The first-order valence-corrected chi connectivity index (χ1v) is 6.14. The van der Waals surface area contributed by atoms with Gasteiger partial charge in [0.05, 0.1) is 12.7 Å². The summed E-state index contributed by atoms with van der Waals surface area (Å²) in [4.78, 5) is 22.8. The van der Waals surface area contributed by atoms with Gasteiger partial charge in [0, 0.05) is 6.07 Å². The van der Waals surface area contributed by atoms with Gasteiger partial charge in [0.25, 0.3) is 5.91 Å². The van der Waals surface area contributed by atoms with E-state index in [9.17, 15) is 14.7 Å². The average molecular weight is 285 g/mol. The van der Waals surface area contributed by atoms with Crippen LogP contribution in [0.4, 0.5) is 0 Å². The van der Waals surface area contributed by atoms with E-state index >= 15 is 0 Å². The molecule has 3 N–H and O–H groups in total. The number of hydrogen-bond donors (Lipinski definition) is 4. The van der Waals surface area contributed by atoms with E-state index in [2.05, 4.69) is 17.9 Å². The van der Waals surface area contributed by atoms with Crippen molar-refractivity contribution in [3.05, 3.63) is 23.8 Å². The number of phenols is 1. The number of phenolic OH excluding ortho intramolecular Hbond substituents is 1. The maximum absolute atomic E-state index is 11.9. The number of carboxylic acids is 1. The number of aliphatic carboxylic acids is 1. The molecular weight excluding hydrogens is 270 g/mol. The third-order valence-corrected chi connectivity index (χ3v) is 2.73. The summed E-state index contributed by atoms with van der Waals surface area (Å²) in [6, 6.07) is 3.11. The minimum atomic E-state index is -1.14. The Labute approximate surface area is 115 Å². The van der Waals surface area contributed by atoms with E-state index in [0.717, 1.165) is 0 Å². The lowest BCUT2D eigenvalue weighted by atomic mass is 10.1. The molecule has 1 atom stereocenters. The van der Waals surface area contributed by atoms with E-state index in [1.807, 2.05) is 0 Å². The van der Waals surface area contributed by atoms with Crippen molar-refractivity contribution in [2.75, 3.05) is 12.9 Å². The maximum atomic E-state index is 11.9. The monoisotopic (exact) mass is 285 g/mol. The first-order chi connectivity index (χ1) is 8.99. The van der Waals surface area contributed by atoms with Gasteiger partial charge in [-0.2, -0.15) is 12.6 Å². The highest BCUT2D eigenvalue weighted by Crippen LogP contribution is 2.23. The number of carbonyl (C=O) groups is 2. The summed E-state index contributed by atoms with van der Waals surface area (Å²) in [5.41, 5.74) is -0.00813. The fourth-order valence-corrected chi connectivity index (χ4v) is 1.71. The number of benzene rings is 1. The lowest BCUT2D eigenvalue weighted by Gasteiger charge is -2.14. The van der Waals surface area contributed by atoms with Gasteiger partial charge in [0.15, 0.2) is 0 Å². The molecule has 1 unspecified atom stereocenters. The van der Waals surface area contributed by atoms with Gasteiger partial charge >= 0.3 is 5.97 Å². The van der Waals surface area contributed by atoms with Crippen LogP contribution in [-0.2, 0) is 4.79 Å². The van der Waals surface area contributed by atoms with Crippen LogP contribution in [0.3, 0.4) is 0 Å². The van der Waals surface area contributed by atoms with Crippen molar-refractivity contribution < 1.29 is 24.5 Å². The number of thiol groups is 1. The minimum absolute atomic E-state index is 0.00813. The summed E-state index contributed by atoms with van der Waals surface area (Å²) in [6.07, 6.45) is 0.196. The third kappa shape index (κ3) is 4.06. The fourth-order valence-electron chi connectivity index (χ4n) is 1.45. The Morgan fingerprint density at radius 3 is 2.63 bits per heavy atom. The Kier molecular flexibility index (Phi) is 5.50. The molecule has 0 aliphatic carbocycles. The Morgan fingerprint density at radius 2 is 2.16 bits per heavy atom. The van der Waals surface area contributed by atoms with Crippen LogP contribution in [0.1, 0.15) is 16.8 Å². The first kappa shape index (κ1) is 15.2. The molecule has 19 heavy (non-hydrogen) atoms. The van der Waals surface area contributed by atoms with Gasteiger partial charge < -0.3 is 20.3 Å². The standard InChI is InChI=1S/C12H15NO5S/c1-18-7-2-3-8(10(14)6-7)11(15)13-9(4-5-19)12(16)17/h2-3,6,9,14,19H,4-5H2,1H3,(H,13,15)(H,16,17). The number of ether oxygens (including phenoxy) is 1. The predicted octanol–water partition coefficient (Wildman–Crippen LogP) is 0.904. The number of amides is 1. The maximum Gasteiger partial charge on any atom is 0.326 e. The second kappa shape index (κ2) is 6.89. The highest BCUT2D eigenvalue weighted by Gasteiger charge is 2.21. The minimum Gasteiger partial charge on any atom is -0.507 e. The summed E-state index contributed by atoms with van der Waals surface area (Å²) >= 11 is 3.93. The van der Waals surface area contributed by atoms with Crippen LogP contribution < -0.4 is 10.1 Å². The van der Waals surface area contributed by atoms with Crippen LogP contribution in [0.2, 0.25) is 0 Å². The number of aromatic hydroxyl groups is 1. The van der Waals surface area contributed by atoms with Crippen molar-refractivity contribution in [2.45, 2.75) is 12.5 Å². The Balaban J connectivity index is 2.85. The van der Waals surface area contributed by atoms with Crippen LogP contribution in [0, 0.1) is 0 Å². The van der Waals surface area contributed by atoms with Crippen LogP contribution in [-0.4, -0.2) is 41.0 Å². The molecule has 0 aliphatic rings. The van der Waals surface area contributed by atoms with Crippen LogP contribution >= 0.6 is 12.6 Å². The number of carbonyl (C=O) groups excluding carboxylic acids is 1. The number of nitrogens with one attached hydrogen (secondary N) is 1. The highest BCUT2D eigenvalue weighted by molar-refractivity contribution is 7.80. The number of rotatable bonds is 6. The highest BCUT2D eigenvalue weighted by atomic mass is 32.1. The molecule has 0 heterocycles. The molecule has 0 radical (unpaired) electrons. The summed E-state index contributed by atoms with van der Waals surface area (Å²) < 4.78 is 4.89. The summed E-state index contributed by atoms with van der Waals surface area (Å²) in [5.74, 6) is -1.35. The van der Waals surface area contributed by atoms with Gasteiger partial charge in [0.1, 0.15) is 17.5 Å². The topological polar surface area (TPSA) is 95.9 Å². The third-order valence-electron chi connectivity index (χ3n) is 2.47. The number of methoxy groups -OCH3 is 1. The lowest BCUT2D eigenvalue weighted by molar-refractivity contribution is -0.139. The van der Waals surface area contributed by atoms with Crippen LogP contribution in [0.15, 0.2) is 18.2 Å². The van der Waals surface area contributed by atoms with Crippen molar-refractivity contribution in [3.8, 4) is 11.5 Å². The first-order valence-electron chi connectivity index (χ1n) is 5.51. The van der Waals surface area contributed by atoms with Gasteiger partial charge in [-0.3, -0.25) is 4.79 Å². The molecule has 0 saturated carbocycles. The van der Waals surface area contributed by atoms with Crippen molar-refractivity contribution in [3.63, 3.8) is 0 Å². The molecule has 0 bridgehead atoms. The van der Waals surface area contributed by atoms with Gasteiger partial charge in [-0.15, -0.1) is 0 Å². The summed E-state index contributed by atoms with van der Waals surface area (Å²) in [5, 5.41) is 20.9. The predicted molar refractivity (Wildman–Crippen MR) is 72.0 cm³/mol. The SMILES string of the molecule is COc1ccc(C(=O)NC(CCS)C(=O)O)c(O)c1. The molecule has 7 heteroatoms. The fraction of sp³-hybridized carbons (Fsp3) is 0.333. The molecule has 1 amide bonds. The van der Waals surface area contributed by atoms with Gasteiger partial charge in [-0.25, -0.2) is 4.79 Å². The molecular formula is C12H15NO5S. The van der Waals surface area contributed by atoms with E-state index in [0.29, 0.717) is 11.5 Å². The Bertz CT molecular complexity index is 477. The lowest BCUT2D eigenvalue weighted by Crippen LogP contribution is -2.41. The molecule has 1 rings (SSSR count). The molecule has 1 aromatic carbocycles. The Hall–Kier alpha value is -1.89. The van der Waals surface area contributed by atoms with E-state index in [1.54, 1.807) is 0 Å². The molecule has 6 nitrogen and oxygen atoms in total. The molecule has 0 aliphatic heterocycles. The molecule has 0 spiro atoms. The smallest absolute Gasteiger partial charge is 0.326 e. The largest absolute Gasteiger partial charge is 0.507 e. The van der Waals surface area contributed by atoms with Crippen LogP contribution in [0.5, 0.6) is 11.5 Å². The summed E-state index contributed by atoms with van der Waals surface area (Å²) in [7, 11) is 1.43. The van der Waals surface area contributed by atoms with E-state index in [1.165, 1.54) is 25.3 Å². The second-order valence-electron chi connectivity index (χ2n) is 3.76. The number of carboxylic acid groups (broad SMARTS) is 1. The molecule has 0 aromatic heterocycles. The van der Waals surface area contributed by atoms with E-state index in [-0.39, 0.29) is 17.7 Å². The number of hydrogen-bond acceptors (Lipinski definition) is 5. The van der Waals surface area contributed by atoms with E-state index in [4.69, 9.17) is 9.84 Å². The zero-order valence-electron chi connectivity index (χ0n) is 10.3. The molecule has 104 valence electrons. The molecule has 1 aromatic rings. The van der Waals surface area contributed by atoms with E-state index < -0.39 is 17.9 Å². The van der Waals surface area contributed by atoms with Gasteiger partial charge in [-0.1, -0.05) is 0 Å². The zero-order valence-corrected chi connectivity index (χ0v) is 11.2.